The van der Waals surface area contributed by atoms with Crippen LogP contribution in [0.25, 0.3) is 0 Å². The standard InChI is InChI=1S/C14H22N4O2.ClH/c1-13(2)11-9(5-4-8-20-11)14(13,15)12(19)17-10-6-7-16-18(10)3;/h6-7,9,11H,4-5,8,15H2,1-3H3,(H,17,19);1H. The first kappa shape index (κ1) is 16.3. The number of rotatable bonds is 2. The van der Waals surface area contributed by atoms with Crippen molar-refractivity contribution in [2.45, 2.75) is 38.3 Å². The SMILES string of the molecule is Cl.Cn1nccc1NC(=O)C1(N)C2CCCOC2C1(C)C. The highest BCUT2D eigenvalue weighted by Crippen LogP contribution is 2.57. The number of halogens is 1. The maximum Gasteiger partial charge on any atom is 0.246 e. The summed E-state index contributed by atoms with van der Waals surface area (Å²) >= 11 is 0. The first-order valence-corrected chi connectivity index (χ1v) is 7.09. The number of hydrogen-bond donors (Lipinski definition) is 2. The third kappa shape index (κ3) is 2.08. The van der Waals surface area contributed by atoms with E-state index in [4.69, 9.17) is 10.5 Å². The maximum atomic E-state index is 12.7. The number of hydrogen-bond acceptors (Lipinski definition) is 4. The lowest BCUT2D eigenvalue weighted by Gasteiger charge is -2.65. The Morgan fingerprint density at radius 1 is 1.57 bits per heavy atom. The summed E-state index contributed by atoms with van der Waals surface area (Å²) < 4.78 is 7.45. The highest BCUT2D eigenvalue weighted by atomic mass is 35.5. The second-order valence-electron chi connectivity index (χ2n) is 6.42. The molecule has 2 heterocycles. The van der Waals surface area contributed by atoms with Crippen LogP contribution in [0, 0.1) is 11.3 Å². The van der Waals surface area contributed by atoms with Crippen molar-refractivity contribution in [1.82, 2.24) is 9.78 Å². The van der Waals surface area contributed by atoms with Crippen LogP contribution in [0.1, 0.15) is 26.7 Å². The Morgan fingerprint density at radius 2 is 2.29 bits per heavy atom. The van der Waals surface area contributed by atoms with Crippen molar-refractivity contribution < 1.29 is 9.53 Å². The second kappa shape index (κ2) is 5.26. The molecule has 118 valence electrons. The minimum absolute atomic E-state index is 0. The number of carbonyl (C=O) groups excluding carboxylic acids is 1. The number of aryl methyl sites for hydroxylation is 1. The van der Waals surface area contributed by atoms with Crippen LogP contribution in [-0.2, 0) is 16.6 Å². The molecule has 7 heteroatoms. The lowest BCUT2D eigenvalue weighted by Crippen LogP contribution is -2.81. The fourth-order valence-electron chi connectivity index (χ4n) is 3.75. The number of nitrogens with zero attached hydrogens (tertiary/aromatic N) is 2. The Kier molecular flexibility index (Phi) is 4.08. The molecule has 6 nitrogen and oxygen atoms in total. The first-order valence-electron chi connectivity index (χ1n) is 7.09. The van der Waals surface area contributed by atoms with Gasteiger partial charge in [0.05, 0.1) is 12.3 Å². The minimum Gasteiger partial charge on any atom is -0.377 e. The van der Waals surface area contributed by atoms with Crippen molar-refractivity contribution in [1.29, 1.82) is 0 Å². The van der Waals surface area contributed by atoms with Crippen molar-refractivity contribution in [2.24, 2.45) is 24.1 Å². The summed E-state index contributed by atoms with van der Waals surface area (Å²) in [7, 11) is 1.79. The zero-order valence-electron chi connectivity index (χ0n) is 12.6. The van der Waals surface area contributed by atoms with Gasteiger partial charge in [-0.15, -0.1) is 12.4 Å². The molecule has 3 N–H and O–H groups in total. The van der Waals surface area contributed by atoms with Gasteiger partial charge in [-0.05, 0) is 12.8 Å². The minimum atomic E-state index is -0.887. The zero-order chi connectivity index (χ0) is 14.5. The summed E-state index contributed by atoms with van der Waals surface area (Å²) in [6.07, 6.45) is 3.65. The molecule has 1 aromatic rings. The first-order chi connectivity index (χ1) is 9.39. The van der Waals surface area contributed by atoms with E-state index in [1.54, 1.807) is 24.0 Å². The van der Waals surface area contributed by atoms with Crippen molar-refractivity contribution >= 4 is 24.1 Å². The monoisotopic (exact) mass is 314 g/mol. The molecule has 1 aromatic heterocycles. The van der Waals surface area contributed by atoms with Crippen molar-refractivity contribution in [3.63, 3.8) is 0 Å². The normalized spacial score (nSPS) is 33.3. The third-order valence-electron chi connectivity index (χ3n) is 5.12. The Morgan fingerprint density at radius 3 is 2.90 bits per heavy atom. The summed E-state index contributed by atoms with van der Waals surface area (Å²) in [4.78, 5) is 12.7. The Balaban J connectivity index is 0.00000161. The predicted molar refractivity (Wildman–Crippen MR) is 82.2 cm³/mol. The number of carbonyl (C=O) groups is 1. The van der Waals surface area contributed by atoms with Crippen LogP contribution in [0.2, 0.25) is 0 Å². The fraction of sp³-hybridized carbons (Fsp3) is 0.714. The smallest absolute Gasteiger partial charge is 0.246 e. The lowest BCUT2D eigenvalue weighted by atomic mass is 9.46. The van der Waals surface area contributed by atoms with Crippen LogP contribution in [-0.4, -0.2) is 33.9 Å². The molecule has 0 radical (unpaired) electrons. The zero-order valence-corrected chi connectivity index (χ0v) is 13.4. The van der Waals surface area contributed by atoms with E-state index < -0.39 is 5.54 Å². The summed E-state index contributed by atoms with van der Waals surface area (Å²) in [5.41, 5.74) is 5.28. The van der Waals surface area contributed by atoms with E-state index in [2.05, 4.69) is 10.4 Å². The number of nitrogens with two attached hydrogens (primary N) is 1. The van der Waals surface area contributed by atoms with Gasteiger partial charge >= 0.3 is 0 Å². The van der Waals surface area contributed by atoms with Crippen LogP contribution in [0.5, 0.6) is 0 Å². The molecule has 3 atom stereocenters. The predicted octanol–water partition coefficient (Wildman–Crippen LogP) is 1.31. The number of aromatic nitrogens is 2. The van der Waals surface area contributed by atoms with Crippen molar-refractivity contribution in [2.75, 3.05) is 11.9 Å². The summed E-state index contributed by atoms with van der Waals surface area (Å²) in [6.45, 7) is 4.80. The van der Waals surface area contributed by atoms with Gasteiger partial charge in [-0.25, -0.2) is 0 Å². The molecule has 1 amide bonds. The summed E-state index contributed by atoms with van der Waals surface area (Å²) in [5.74, 6) is 0.619. The Bertz CT molecular complexity index is 545. The van der Waals surface area contributed by atoms with Gasteiger partial charge in [0.1, 0.15) is 11.4 Å². The maximum absolute atomic E-state index is 12.7. The lowest BCUT2D eigenvalue weighted by molar-refractivity contribution is -0.222. The molecule has 1 aliphatic carbocycles. The highest BCUT2D eigenvalue weighted by Gasteiger charge is 2.70. The van der Waals surface area contributed by atoms with E-state index in [0.717, 1.165) is 19.4 Å². The molecule has 3 rings (SSSR count). The molecule has 1 aliphatic heterocycles. The number of fused-ring (bicyclic) bond motifs is 1. The van der Waals surface area contributed by atoms with E-state index in [-0.39, 0.29) is 35.8 Å². The molecular weight excluding hydrogens is 292 g/mol. The van der Waals surface area contributed by atoms with Crippen molar-refractivity contribution in [3.05, 3.63) is 12.3 Å². The molecule has 1 saturated heterocycles. The van der Waals surface area contributed by atoms with Crippen LogP contribution in [0.3, 0.4) is 0 Å². The van der Waals surface area contributed by atoms with E-state index in [1.807, 2.05) is 13.8 Å². The molecule has 2 fully saturated rings. The molecular formula is C14H23ClN4O2. The molecule has 1 saturated carbocycles. The Hall–Kier alpha value is -1.11. The van der Waals surface area contributed by atoms with Crippen molar-refractivity contribution in [3.8, 4) is 0 Å². The highest BCUT2D eigenvalue weighted by molar-refractivity contribution is 5.99. The van der Waals surface area contributed by atoms with Gasteiger partial charge in [-0.1, -0.05) is 13.8 Å². The fourth-order valence-corrected chi connectivity index (χ4v) is 3.75. The summed E-state index contributed by atoms with van der Waals surface area (Å²) in [5, 5.41) is 6.95. The quantitative estimate of drug-likeness (QED) is 0.862. The largest absolute Gasteiger partial charge is 0.377 e. The number of nitrogens with one attached hydrogen (secondary N) is 1. The van der Waals surface area contributed by atoms with Gasteiger partial charge in [0, 0.05) is 31.1 Å². The second-order valence-corrected chi connectivity index (χ2v) is 6.42. The molecule has 0 aromatic carbocycles. The van der Waals surface area contributed by atoms with Gasteiger partial charge in [0.2, 0.25) is 5.91 Å². The van der Waals surface area contributed by atoms with Crippen LogP contribution < -0.4 is 11.1 Å². The molecule has 0 spiro atoms. The van der Waals surface area contributed by atoms with Gasteiger partial charge < -0.3 is 15.8 Å². The Labute approximate surface area is 130 Å². The van der Waals surface area contributed by atoms with Gasteiger partial charge in [0.25, 0.3) is 0 Å². The topological polar surface area (TPSA) is 82.2 Å². The van der Waals surface area contributed by atoms with Gasteiger partial charge in [-0.3, -0.25) is 9.48 Å². The molecule has 3 unspecified atom stereocenters. The van der Waals surface area contributed by atoms with Gasteiger partial charge in [-0.2, -0.15) is 5.10 Å². The number of amides is 1. The number of anilines is 1. The van der Waals surface area contributed by atoms with E-state index in [1.165, 1.54) is 0 Å². The average Bonchev–Trinajstić information content (AvgIpc) is 2.83. The molecule has 21 heavy (non-hydrogen) atoms. The third-order valence-corrected chi connectivity index (χ3v) is 5.12. The van der Waals surface area contributed by atoms with Crippen LogP contribution >= 0.6 is 12.4 Å². The van der Waals surface area contributed by atoms with Crippen LogP contribution in [0.15, 0.2) is 12.3 Å². The van der Waals surface area contributed by atoms with Gasteiger partial charge in [0.15, 0.2) is 0 Å². The van der Waals surface area contributed by atoms with E-state index >= 15 is 0 Å². The summed E-state index contributed by atoms with van der Waals surface area (Å²) in [6, 6.07) is 1.77. The average molecular weight is 315 g/mol. The van der Waals surface area contributed by atoms with E-state index in [0.29, 0.717) is 5.82 Å². The van der Waals surface area contributed by atoms with E-state index in [9.17, 15) is 4.79 Å². The number of ether oxygens (including phenoxy) is 1. The van der Waals surface area contributed by atoms with Crippen LogP contribution in [0.4, 0.5) is 5.82 Å². The molecule has 0 bridgehead atoms. The molecule has 2 aliphatic rings.